The van der Waals surface area contributed by atoms with E-state index in [1.165, 1.54) is 12.1 Å². The maximum Gasteiger partial charge on any atom is 0.326 e. The lowest BCUT2D eigenvalue weighted by molar-refractivity contribution is -0.140. The van der Waals surface area contributed by atoms with Crippen LogP contribution in [0.15, 0.2) is 24.3 Å². The number of hydrogen-bond donors (Lipinski definition) is 3. The van der Waals surface area contributed by atoms with Crippen LogP contribution in [-0.4, -0.2) is 34.1 Å². The first-order chi connectivity index (χ1) is 9.40. The highest BCUT2D eigenvalue weighted by Crippen LogP contribution is 2.11. The van der Waals surface area contributed by atoms with Gasteiger partial charge in [-0.3, -0.25) is 9.59 Å². The molecule has 0 aliphatic carbocycles. The summed E-state index contributed by atoms with van der Waals surface area (Å²) in [6.07, 6.45) is 0.0763. The summed E-state index contributed by atoms with van der Waals surface area (Å²) in [6.45, 7) is 0. The van der Waals surface area contributed by atoms with Crippen molar-refractivity contribution < 1.29 is 24.6 Å². The van der Waals surface area contributed by atoms with E-state index in [4.69, 9.17) is 21.8 Å². The smallest absolute Gasteiger partial charge is 0.326 e. The number of aliphatic carboxylic acids is 2. The second-order valence-electron chi connectivity index (χ2n) is 4.16. The van der Waals surface area contributed by atoms with E-state index in [2.05, 4.69) is 5.32 Å². The van der Waals surface area contributed by atoms with Gasteiger partial charge in [-0.05, 0) is 31.0 Å². The molecule has 0 fully saturated rings. The molecule has 1 aromatic carbocycles. The molecule has 0 spiro atoms. The molecule has 1 rings (SSSR count). The Morgan fingerprint density at radius 2 is 1.95 bits per heavy atom. The molecule has 0 unspecified atom stereocenters. The summed E-state index contributed by atoms with van der Waals surface area (Å²) in [5.41, 5.74) is 0.252. The lowest BCUT2D eigenvalue weighted by atomic mass is 10.1. The topological polar surface area (TPSA) is 104 Å². The molecule has 0 aliphatic heterocycles. The Morgan fingerprint density at radius 3 is 2.50 bits per heavy atom. The van der Waals surface area contributed by atoms with Gasteiger partial charge >= 0.3 is 11.9 Å². The molecule has 7 heteroatoms. The van der Waals surface area contributed by atoms with Crippen molar-refractivity contribution in [3.63, 3.8) is 0 Å². The average molecular weight is 300 g/mol. The van der Waals surface area contributed by atoms with Gasteiger partial charge in [0.2, 0.25) is 0 Å². The molecule has 1 atom stereocenters. The van der Waals surface area contributed by atoms with Crippen molar-refractivity contribution in [2.75, 3.05) is 0 Å². The predicted molar refractivity (Wildman–Crippen MR) is 71.8 cm³/mol. The molecule has 0 aromatic heterocycles. The molecule has 6 nitrogen and oxygen atoms in total. The zero-order valence-corrected chi connectivity index (χ0v) is 11.3. The molecule has 3 N–H and O–H groups in total. The number of halogens is 1. The van der Waals surface area contributed by atoms with E-state index >= 15 is 0 Å². The fourth-order valence-electron chi connectivity index (χ4n) is 1.59. The van der Waals surface area contributed by atoms with Gasteiger partial charge in [-0.2, -0.15) is 0 Å². The molecule has 1 amide bonds. The van der Waals surface area contributed by atoms with Crippen molar-refractivity contribution in [1.82, 2.24) is 5.32 Å². The van der Waals surface area contributed by atoms with Crippen LogP contribution in [0.5, 0.6) is 0 Å². The zero-order chi connectivity index (χ0) is 15.1. The summed E-state index contributed by atoms with van der Waals surface area (Å²) in [4.78, 5) is 33.3. The number of carboxylic acids is 2. The largest absolute Gasteiger partial charge is 0.481 e. The molecule has 0 saturated carbocycles. The molecule has 0 bridgehead atoms. The van der Waals surface area contributed by atoms with E-state index in [1.54, 1.807) is 12.1 Å². The molecule has 20 heavy (non-hydrogen) atoms. The maximum absolute atomic E-state index is 11.9. The van der Waals surface area contributed by atoms with E-state index in [9.17, 15) is 14.4 Å². The SMILES string of the molecule is O=C(O)CCC[C@@H](NC(=O)c1cccc(Cl)c1)C(=O)O. The van der Waals surface area contributed by atoms with Crippen molar-refractivity contribution >= 4 is 29.4 Å². The van der Waals surface area contributed by atoms with Crippen LogP contribution in [0.3, 0.4) is 0 Å². The zero-order valence-electron chi connectivity index (χ0n) is 10.5. The summed E-state index contributed by atoms with van der Waals surface area (Å²) >= 11 is 5.74. The number of benzene rings is 1. The molecular weight excluding hydrogens is 286 g/mol. The van der Waals surface area contributed by atoms with E-state index in [-0.39, 0.29) is 24.8 Å². The molecule has 0 aliphatic rings. The second kappa shape index (κ2) is 7.49. The minimum atomic E-state index is -1.20. The van der Waals surface area contributed by atoms with Crippen molar-refractivity contribution in [3.05, 3.63) is 34.9 Å². The summed E-state index contributed by atoms with van der Waals surface area (Å²) in [5.74, 6) is -2.77. The molecule has 0 saturated heterocycles. The van der Waals surface area contributed by atoms with E-state index in [0.717, 1.165) is 0 Å². The van der Waals surface area contributed by atoms with E-state index in [0.29, 0.717) is 5.02 Å². The Balaban J connectivity index is 2.63. The number of nitrogens with one attached hydrogen (secondary N) is 1. The standard InChI is InChI=1S/C13H14ClNO5/c14-9-4-1-3-8(7-9)12(18)15-10(13(19)20)5-2-6-11(16)17/h1,3-4,7,10H,2,5-6H2,(H,15,18)(H,16,17)(H,19,20)/t10-/m1/s1. The lowest BCUT2D eigenvalue weighted by Crippen LogP contribution is -2.40. The molecule has 108 valence electrons. The predicted octanol–water partition coefficient (Wildman–Crippen LogP) is 1.78. The molecule has 1 aromatic rings. The van der Waals surface area contributed by atoms with Crippen LogP contribution < -0.4 is 5.32 Å². The highest BCUT2D eigenvalue weighted by atomic mass is 35.5. The first-order valence-electron chi connectivity index (χ1n) is 5.91. The van der Waals surface area contributed by atoms with Crippen molar-refractivity contribution in [1.29, 1.82) is 0 Å². The van der Waals surface area contributed by atoms with Gasteiger partial charge in [0.1, 0.15) is 6.04 Å². The highest BCUT2D eigenvalue weighted by molar-refractivity contribution is 6.30. The fraction of sp³-hybridized carbons (Fsp3) is 0.308. The van der Waals surface area contributed by atoms with Crippen LogP contribution in [-0.2, 0) is 9.59 Å². The van der Waals surface area contributed by atoms with E-state index in [1.807, 2.05) is 0 Å². The minimum absolute atomic E-state index is 0.0495. The second-order valence-corrected chi connectivity index (χ2v) is 4.60. The van der Waals surface area contributed by atoms with E-state index < -0.39 is 23.9 Å². The Labute approximate surface area is 120 Å². The Kier molecular flexibility index (Phi) is 5.99. The normalized spacial score (nSPS) is 11.7. The van der Waals surface area contributed by atoms with Crippen LogP contribution in [0.4, 0.5) is 0 Å². The van der Waals surface area contributed by atoms with Crippen LogP contribution in [0.1, 0.15) is 29.6 Å². The summed E-state index contributed by atoms with van der Waals surface area (Å²) in [6, 6.07) is 4.99. The van der Waals surface area contributed by atoms with Gasteiger partial charge in [0.15, 0.2) is 0 Å². The first kappa shape index (κ1) is 16.0. The number of carbonyl (C=O) groups excluding carboxylic acids is 1. The number of rotatable bonds is 7. The number of amides is 1. The first-order valence-corrected chi connectivity index (χ1v) is 6.29. The summed E-state index contributed by atoms with van der Waals surface area (Å²) in [5, 5.41) is 20.2. The molecular formula is C13H14ClNO5. The van der Waals surface area contributed by atoms with Crippen LogP contribution >= 0.6 is 11.6 Å². The maximum atomic E-state index is 11.9. The van der Waals surface area contributed by atoms with Gasteiger partial charge < -0.3 is 15.5 Å². The average Bonchev–Trinajstić information content (AvgIpc) is 2.36. The Bertz CT molecular complexity index is 517. The van der Waals surface area contributed by atoms with Gasteiger partial charge in [0.25, 0.3) is 5.91 Å². The molecule has 0 heterocycles. The number of carbonyl (C=O) groups is 3. The van der Waals surface area contributed by atoms with Crippen molar-refractivity contribution in [2.24, 2.45) is 0 Å². The third kappa shape index (κ3) is 5.27. The van der Waals surface area contributed by atoms with Gasteiger partial charge in [-0.15, -0.1) is 0 Å². The Hall–Kier alpha value is -2.08. The summed E-state index contributed by atoms with van der Waals surface area (Å²) in [7, 11) is 0. The van der Waals surface area contributed by atoms with Gasteiger partial charge in [0.05, 0.1) is 0 Å². The van der Waals surface area contributed by atoms with Crippen molar-refractivity contribution in [2.45, 2.75) is 25.3 Å². The third-order valence-electron chi connectivity index (χ3n) is 2.57. The summed E-state index contributed by atoms with van der Waals surface area (Å²) < 4.78 is 0. The van der Waals surface area contributed by atoms with Crippen LogP contribution in [0, 0.1) is 0 Å². The van der Waals surface area contributed by atoms with Gasteiger partial charge in [0, 0.05) is 17.0 Å². The number of hydrogen-bond acceptors (Lipinski definition) is 3. The van der Waals surface area contributed by atoms with Gasteiger partial charge in [-0.25, -0.2) is 4.79 Å². The van der Waals surface area contributed by atoms with Gasteiger partial charge in [-0.1, -0.05) is 17.7 Å². The Morgan fingerprint density at radius 1 is 1.25 bits per heavy atom. The minimum Gasteiger partial charge on any atom is -0.481 e. The van der Waals surface area contributed by atoms with Crippen LogP contribution in [0.25, 0.3) is 0 Å². The fourth-order valence-corrected chi connectivity index (χ4v) is 1.78. The van der Waals surface area contributed by atoms with Crippen LogP contribution in [0.2, 0.25) is 5.02 Å². The number of carboxylic acid groups (broad SMARTS) is 2. The highest BCUT2D eigenvalue weighted by Gasteiger charge is 2.20. The third-order valence-corrected chi connectivity index (χ3v) is 2.81. The monoisotopic (exact) mass is 299 g/mol. The molecule has 0 radical (unpaired) electrons. The quantitative estimate of drug-likeness (QED) is 0.712. The lowest BCUT2D eigenvalue weighted by Gasteiger charge is -2.14. The van der Waals surface area contributed by atoms with Crippen molar-refractivity contribution in [3.8, 4) is 0 Å².